The summed E-state index contributed by atoms with van der Waals surface area (Å²) in [5, 5.41) is 7.55. The molecule has 0 spiro atoms. The zero-order valence-electron chi connectivity index (χ0n) is 9.51. The van der Waals surface area contributed by atoms with Gasteiger partial charge >= 0.3 is 0 Å². The number of rotatable bonds is 2. The number of H-pyrrole nitrogens is 1. The van der Waals surface area contributed by atoms with Gasteiger partial charge in [-0.05, 0) is 24.7 Å². The van der Waals surface area contributed by atoms with Gasteiger partial charge in [0.2, 0.25) is 0 Å². The number of hydrogen-bond donors (Lipinski definition) is 1. The van der Waals surface area contributed by atoms with Crippen LogP contribution in [0, 0.1) is 11.8 Å². The topological polar surface area (TPSA) is 54.7 Å². The molecule has 0 radical (unpaired) electrons. The van der Waals surface area contributed by atoms with Crippen LogP contribution in [0.5, 0.6) is 0 Å². The SMILES string of the molecule is Cc1ccccc1-c1ncc(-c2n[nH]c(=S)o2)s1. The number of aromatic amines is 1. The highest BCUT2D eigenvalue weighted by molar-refractivity contribution is 7.71. The molecule has 0 amide bonds. The van der Waals surface area contributed by atoms with E-state index in [0.717, 1.165) is 15.4 Å². The molecule has 2 aromatic heterocycles. The maximum absolute atomic E-state index is 5.27. The average Bonchev–Trinajstić information content (AvgIpc) is 2.98. The monoisotopic (exact) mass is 275 g/mol. The van der Waals surface area contributed by atoms with Gasteiger partial charge in [0.25, 0.3) is 10.7 Å². The second kappa shape index (κ2) is 4.47. The fourth-order valence-electron chi connectivity index (χ4n) is 1.65. The highest BCUT2D eigenvalue weighted by Gasteiger charge is 2.11. The number of nitrogens with one attached hydrogen (secondary N) is 1. The molecule has 3 rings (SSSR count). The van der Waals surface area contributed by atoms with Gasteiger partial charge in [-0.2, -0.15) is 0 Å². The Bertz CT molecular complexity index is 741. The summed E-state index contributed by atoms with van der Waals surface area (Å²) >= 11 is 6.39. The Morgan fingerprint density at radius 1 is 1.33 bits per heavy atom. The van der Waals surface area contributed by atoms with E-state index in [9.17, 15) is 0 Å². The van der Waals surface area contributed by atoms with E-state index in [1.165, 1.54) is 16.9 Å². The van der Waals surface area contributed by atoms with E-state index in [4.69, 9.17) is 16.6 Å². The largest absolute Gasteiger partial charge is 0.408 e. The van der Waals surface area contributed by atoms with Crippen LogP contribution < -0.4 is 0 Å². The first-order valence-electron chi connectivity index (χ1n) is 5.32. The first kappa shape index (κ1) is 11.3. The molecule has 0 bridgehead atoms. The molecule has 6 heteroatoms. The van der Waals surface area contributed by atoms with Gasteiger partial charge in [-0.3, -0.25) is 0 Å². The Morgan fingerprint density at radius 2 is 2.17 bits per heavy atom. The van der Waals surface area contributed by atoms with Gasteiger partial charge in [-0.25, -0.2) is 10.1 Å². The molecule has 1 N–H and O–H groups in total. The Labute approximate surface area is 112 Å². The van der Waals surface area contributed by atoms with Crippen LogP contribution in [0.2, 0.25) is 0 Å². The van der Waals surface area contributed by atoms with Crippen LogP contribution in [0.25, 0.3) is 21.3 Å². The molecule has 0 saturated carbocycles. The van der Waals surface area contributed by atoms with E-state index in [-0.39, 0.29) is 4.84 Å². The highest BCUT2D eigenvalue weighted by Crippen LogP contribution is 2.32. The minimum absolute atomic E-state index is 0.274. The standard InChI is InChI=1S/C12H9N3OS2/c1-7-4-2-3-5-8(7)11-13-6-9(18-11)10-14-15-12(17)16-10/h2-6H,1H3,(H,15,17). The van der Waals surface area contributed by atoms with E-state index < -0.39 is 0 Å². The zero-order chi connectivity index (χ0) is 12.5. The normalized spacial score (nSPS) is 10.7. The van der Waals surface area contributed by atoms with Crippen molar-refractivity contribution in [1.29, 1.82) is 0 Å². The van der Waals surface area contributed by atoms with Crippen molar-refractivity contribution < 1.29 is 4.42 Å². The summed E-state index contributed by atoms with van der Waals surface area (Å²) in [6.45, 7) is 2.07. The number of benzene rings is 1. The molecule has 1 aromatic carbocycles. The molecule has 4 nitrogen and oxygen atoms in total. The second-order valence-corrected chi connectivity index (χ2v) is 5.16. The van der Waals surface area contributed by atoms with Crippen molar-refractivity contribution >= 4 is 23.6 Å². The number of thiazole rings is 1. The fraction of sp³-hybridized carbons (Fsp3) is 0.0833. The highest BCUT2D eigenvalue weighted by atomic mass is 32.1. The van der Waals surface area contributed by atoms with E-state index >= 15 is 0 Å². The summed E-state index contributed by atoms with van der Waals surface area (Å²) in [4.78, 5) is 5.54. The van der Waals surface area contributed by atoms with Gasteiger partial charge in [0.05, 0.1) is 6.20 Å². The molecule has 0 saturated heterocycles. The number of hydrogen-bond acceptors (Lipinski definition) is 5. The second-order valence-electron chi connectivity index (χ2n) is 3.76. The number of aryl methyl sites for hydroxylation is 1. The third kappa shape index (κ3) is 2.00. The van der Waals surface area contributed by atoms with Crippen molar-refractivity contribution in [3.05, 3.63) is 40.9 Å². The molecule has 2 heterocycles. The molecule has 18 heavy (non-hydrogen) atoms. The predicted molar refractivity (Wildman–Crippen MR) is 73.0 cm³/mol. The summed E-state index contributed by atoms with van der Waals surface area (Å²) in [5.41, 5.74) is 2.32. The lowest BCUT2D eigenvalue weighted by Gasteiger charge is -1.99. The maximum atomic E-state index is 5.27. The average molecular weight is 275 g/mol. The van der Waals surface area contributed by atoms with Crippen LogP contribution in [0.4, 0.5) is 0 Å². The molecule has 0 aliphatic rings. The summed E-state index contributed by atoms with van der Waals surface area (Å²) in [6.07, 6.45) is 1.75. The maximum Gasteiger partial charge on any atom is 0.284 e. The van der Waals surface area contributed by atoms with E-state index in [1.54, 1.807) is 6.20 Å². The first-order chi connectivity index (χ1) is 8.74. The van der Waals surface area contributed by atoms with Crippen molar-refractivity contribution in [2.24, 2.45) is 0 Å². The zero-order valence-corrected chi connectivity index (χ0v) is 11.1. The van der Waals surface area contributed by atoms with Crippen LogP contribution in [0.1, 0.15) is 5.56 Å². The van der Waals surface area contributed by atoms with Crippen molar-refractivity contribution in [2.75, 3.05) is 0 Å². The Balaban J connectivity index is 2.05. The van der Waals surface area contributed by atoms with Gasteiger partial charge in [-0.1, -0.05) is 24.3 Å². The summed E-state index contributed by atoms with van der Waals surface area (Å²) in [6, 6.07) is 8.14. The molecule has 0 aliphatic carbocycles. The van der Waals surface area contributed by atoms with Crippen molar-refractivity contribution in [3.8, 4) is 21.3 Å². The van der Waals surface area contributed by atoms with Gasteiger partial charge in [0.1, 0.15) is 9.88 Å². The van der Waals surface area contributed by atoms with Gasteiger partial charge in [-0.15, -0.1) is 16.4 Å². The Kier molecular flexibility index (Phi) is 2.81. The minimum atomic E-state index is 0.274. The molecule has 90 valence electrons. The van der Waals surface area contributed by atoms with E-state index in [1.807, 2.05) is 12.1 Å². The molecular weight excluding hydrogens is 266 g/mol. The smallest absolute Gasteiger partial charge is 0.284 e. The lowest BCUT2D eigenvalue weighted by atomic mass is 10.1. The lowest BCUT2D eigenvalue weighted by molar-refractivity contribution is 0.553. The van der Waals surface area contributed by atoms with Crippen molar-refractivity contribution in [3.63, 3.8) is 0 Å². The molecule has 0 atom stereocenters. The summed E-state index contributed by atoms with van der Waals surface area (Å²) in [5.74, 6) is 0.484. The summed E-state index contributed by atoms with van der Waals surface area (Å²) in [7, 11) is 0. The van der Waals surface area contributed by atoms with Crippen LogP contribution in [0.15, 0.2) is 34.9 Å². The van der Waals surface area contributed by atoms with Crippen molar-refractivity contribution in [1.82, 2.24) is 15.2 Å². The van der Waals surface area contributed by atoms with Gasteiger partial charge in [0.15, 0.2) is 0 Å². The Hall–Kier alpha value is -1.79. The van der Waals surface area contributed by atoms with Crippen LogP contribution in [-0.4, -0.2) is 15.2 Å². The molecular formula is C12H9N3OS2. The van der Waals surface area contributed by atoms with Crippen LogP contribution >= 0.6 is 23.6 Å². The first-order valence-corrected chi connectivity index (χ1v) is 6.54. The van der Waals surface area contributed by atoms with Gasteiger partial charge in [0, 0.05) is 5.56 Å². The van der Waals surface area contributed by atoms with Crippen LogP contribution in [0.3, 0.4) is 0 Å². The molecule has 3 aromatic rings. The molecule has 0 unspecified atom stereocenters. The summed E-state index contributed by atoms with van der Waals surface area (Å²) < 4.78 is 5.27. The van der Waals surface area contributed by atoms with Crippen LogP contribution in [-0.2, 0) is 0 Å². The predicted octanol–water partition coefficient (Wildman–Crippen LogP) is 3.83. The third-order valence-electron chi connectivity index (χ3n) is 2.53. The quantitative estimate of drug-likeness (QED) is 0.722. The number of aromatic nitrogens is 3. The lowest BCUT2D eigenvalue weighted by Crippen LogP contribution is -1.79. The third-order valence-corrected chi connectivity index (χ3v) is 3.72. The fourth-order valence-corrected chi connectivity index (χ4v) is 2.70. The van der Waals surface area contributed by atoms with E-state index in [2.05, 4.69) is 34.2 Å². The van der Waals surface area contributed by atoms with E-state index in [0.29, 0.717) is 5.89 Å². The molecule has 0 aliphatic heterocycles. The Morgan fingerprint density at radius 3 is 2.89 bits per heavy atom. The minimum Gasteiger partial charge on any atom is -0.408 e. The molecule has 0 fully saturated rings. The van der Waals surface area contributed by atoms with Crippen molar-refractivity contribution in [2.45, 2.75) is 6.92 Å². The number of nitrogens with zero attached hydrogens (tertiary/aromatic N) is 2. The van der Waals surface area contributed by atoms with Gasteiger partial charge < -0.3 is 4.42 Å².